The lowest BCUT2D eigenvalue weighted by Gasteiger charge is -2.27. The average Bonchev–Trinajstić information content (AvgIpc) is 2.90. The Morgan fingerprint density at radius 2 is 2.05 bits per heavy atom. The van der Waals surface area contributed by atoms with Crippen LogP contribution in [0.5, 0.6) is 0 Å². The SMILES string of the molecule is CC(NS(=O)(=O)c1cc(C(=O)O)cs1)C1CCCCC1. The molecule has 7 heteroatoms. The van der Waals surface area contributed by atoms with E-state index in [0.29, 0.717) is 5.92 Å². The minimum absolute atomic E-state index is 0.0145. The standard InChI is InChI=1S/C13H19NO4S2/c1-9(10-5-3-2-4-6-10)14-20(17,18)12-7-11(8-19-12)13(15)16/h7-10,14H,2-6H2,1H3,(H,15,16). The molecule has 1 aromatic rings. The summed E-state index contributed by atoms with van der Waals surface area (Å²) >= 11 is 0.942. The maximum Gasteiger partial charge on any atom is 0.336 e. The molecule has 0 spiro atoms. The highest BCUT2D eigenvalue weighted by atomic mass is 32.2. The Balaban J connectivity index is 2.07. The van der Waals surface area contributed by atoms with Crippen molar-refractivity contribution in [2.75, 3.05) is 0 Å². The molecule has 1 atom stereocenters. The fourth-order valence-electron chi connectivity index (χ4n) is 2.60. The molecular formula is C13H19NO4S2. The number of hydrogen-bond acceptors (Lipinski definition) is 4. The lowest BCUT2D eigenvalue weighted by molar-refractivity contribution is 0.0697. The molecule has 0 aromatic carbocycles. The van der Waals surface area contributed by atoms with Crippen molar-refractivity contribution in [2.45, 2.75) is 49.3 Å². The number of thiophene rings is 1. The fraction of sp³-hybridized carbons (Fsp3) is 0.615. The van der Waals surface area contributed by atoms with Crippen LogP contribution in [0.15, 0.2) is 15.7 Å². The Kier molecular flexibility index (Phi) is 4.82. The topological polar surface area (TPSA) is 83.5 Å². The number of sulfonamides is 1. The quantitative estimate of drug-likeness (QED) is 0.874. The monoisotopic (exact) mass is 317 g/mol. The van der Waals surface area contributed by atoms with Crippen LogP contribution in [0.2, 0.25) is 0 Å². The van der Waals surface area contributed by atoms with E-state index < -0.39 is 16.0 Å². The molecule has 0 aliphatic heterocycles. The molecule has 1 unspecified atom stereocenters. The molecule has 2 rings (SSSR count). The van der Waals surface area contributed by atoms with Crippen LogP contribution in [0.25, 0.3) is 0 Å². The summed E-state index contributed by atoms with van der Waals surface area (Å²) in [4.78, 5) is 10.8. The predicted octanol–water partition coefficient (Wildman–Crippen LogP) is 2.69. The maximum absolute atomic E-state index is 12.2. The molecule has 1 fully saturated rings. The third-order valence-corrected chi connectivity index (χ3v) is 6.78. The summed E-state index contributed by atoms with van der Waals surface area (Å²) in [7, 11) is -3.62. The molecule has 112 valence electrons. The van der Waals surface area contributed by atoms with Gasteiger partial charge in [0.1, 0.15) is 4.21 Å². The normalized spacial score (nSPS) is 18.9. The lowest BCUT2D eigenvalue weighted by Crippen LogP contribution is -2.38. The van der Waals surface area contributed by atoms with Gasteiger partial charge in [-0.3, -0.25) is 0 Å². The smallest absolute Gasteiger partial charge is 0.336 e. The minimum Gasteiger partial charge on any atom is -0.478 e. The molecule has 0 amide bonds. The molecule has 2 N–H and O–H groups in total. The average molecular weight is 317 g/mol. The molecule has 0 radical (unpaired) electrons. The van der Waals surface area contributed by atoms with E-state index >= 15 is 0 Å². The molecule has 0 saturated heterocycles. The largest absolute Gasteiger partial charge is 0.478 e. The molecule has 1 saturated carbocycles. The van der Waals surface area contributed by atoms with E-state index in [2.05, 4.69) is 4.72 Å². The molecule has 20 heavy (non-hydrogen) atoms. The zero-order valence-corrected chi connectivity index (χ0v) is 13.0. The first-order valence-electron chi connectivity index (χ1n) is 6.74. The zero-order chi connectivity index (χ0) is 14.8. The van der Waals surface area contributed by atoms with Crippen molar-refractivity contribution >= 4 is 27.3 Å². The number of nitrogens with one attached hydrogen (secondary N) is 1. The Labute approximate surface area is 123 Å². The van der Waals surface area contributed by atoms with Crippen molar-refractivity contribution in [1.82, 2.24) is 4.72 Å². The van der Waals surface area contributed by atoms with Gasteiger partial charge in [0.05, 0.1) is 5.56 Å². The Hall–Kier alpha value is -0.920. The molecule has 0 bridgehead atoms. The number of carboxylic acid groups (broad SMARTS) is 1. The van der Waals surface area contributed by atoms with Crippen LogP contribution in [0, 0.1) is 5.92 Å². The third-order valence-electron chi connectivity index (χ3n) is 3.79. The number of hydrogen-bond donors (Lipinski definition) is 2. The van der Waals surface area contributed by atoms with Crippen LogP contribution >= 0.6 is 11.3 Å². The lowest BCUT2D eigenvalue weighted by atomic mass is 9.85. The summed E-state index contributed by atoms with van der Waals surface area (Å²) < 4.78 is 27.2. The summed E-state index contributed by atoms with van der Waals surface area (Å²) in [5.41, 5.74) is 0.0145. The van der Waals surface area contributed by atoms with Crippen LogP contribution < -0.4 is 4.72 Å². The van der Waals surface area contributed by atoms with Crippen molar-refractivity contribution in [1.29, 1.82) is 0 Å². The van der Waals surface area contributed by atoms with Gasteiger partial charge in [0.2, 0.25) is 10.0 Å². The molecule has 5 nitrogen and oxygen atoms in total. The first-order valence-corrected chi connectivity index (χ1v) is 9.10. The Morgan fingerprint density at radius 3 is 2.60 bits per heavy atom. The van der Waals surface area contributed by atoms with Crippen LogP contribution in [0.4, 0.5) is 0 Å². The number of aromatic carboxylic acids is 1. The van der Waals surface area contributed by atoms with Crippen LogP contribution in [0.1, 0.15) is 49.4 Å². The van der Waals surface area contributed by atoms with E-state index in [0.717, 1.165) is 37.0 Å². The van der Waals surface area contributed by atoms with Crippen molar-refractivity contribution in [3.05, 3.63) is 17.0 Å². The van der Waals surface area contributed by atoms with Gasteiger partial charge in [-0.2, -0.15) is 0 Å². The van der Waals surface area contributed by atoms with Crippen LogP contribution in [-0.2, 0) is 10.0 Å². The Morgan fingerprint density at radius 1 is 1.40 bits per heavy atom. The molecule has 1 aromatic heterocycles. The maximum atomic E-state index is 12.2. The highest BCUT2D eigenvalue weighted by molar-refractivity contribution is 7.91. The van der Waals surface area contributed by atoms with E-state index in [-0.39, 0.29) is 15.8 Å². The van der Waals surface area contributed by atoms with Gasteiger partial charge in [-0.15, -0.1) is 11.3 Å². The zero-order valence-electron chi connectivity index (χ0n) is 11.3. The number of carbonyl (C=O) groups is 1. The highest BCUT2D eigenvalue weighted by Crippen LogP contribution is 2.28. The summed E-state index contributed by atoms with van der Waals surface area (Å²) in [6.07, 6.45) is 5.63. The second kappa shape index (κ2) is 6.24. The van der Waals surface area contributed by atoms with Gasteiger partial charge in [-0.1, -0.05) is 19.3 Å². The second-order valence-corrected chi connectivity index (χ2v) is 8.12. The Bertz CT molecular complexity index is 573. The third kappa shape index (κ3) is 3.59. The van der Waals surface area contributed by atoms with E-state index in [1.807, 2.05) is 6.92 Å². The molecular weight excluding hydrogens is 298 g/mol. The fourth-order valence-corrected chi connectivity index (χ4v) is 5.09. The van der Waals surface area contributed by atoms with Gasteiger partial charge in [0, 0.05) is 11.4 Å². The van der Waals surface area contributed by atoms with Gasteiger partial charge >= 0.3 is 5.97 Å². The van der Waals surface area contributed by atoms with Crippen LogP contribution in [-0.4, -0.2) is 25.5 Å². The summed E-state index contributed by atoms with van der Waals surface area (Å²) in [6.45, 7) is 1.89. The molecule has 1 heterocycles. The van der Waals surface area contributed by atoms with Gasteiger partial charge in [0.15, 0.2) is 0 Å². The predicted molar refractivity (Wildman–Crippen MR) is 77.6 cm³/mol. The highest BCUT2D eigenvalue weighted by Gasteiger charge is 2.26. The van der Waals surface area contributed by atoms with Gasteiger partial charge in [-0.25, -0.2) is 17.9 Å². The summed E-state index contributed by atoms with van der Waals surface area (Å²) in [6, 6.07) is 1.10. The molecule has 1 aliphatic carbocycles. The van der Waals surface area contributed by atoms with Crippen molar-refractivity contribution < 1.29 is 18.3 Å². The minimum atomic E-state index is -3.62. The second-order valence-electron chi connectivity index (χ2n) is 5.27. The van der Waals surface area contributed by atoms with Crippen LogP contribution in [0.3, 0.4) is 0 Å². The number of rotatable bonds is 5. The van der Waals surface area contributed by atoms with Crippen molar-refractivity contribution in [3.63, 3.8) is 0 Å². The first kappa shape index (κ1) is 15.5. The van der Waals surface area contributed by atoms with Gasteiger partial charge < -0.3 is 5.11 Å². The first-order chi connectivity index (χ1) is 9.40. The molecule has 1 aliphatic rings. The summed E-state index contributed by atoms with van der Waals surface area (Å²) in [5.74, 6) is -0.736. The van der Waals surface area contributed by atoms with Crippen molar-refractivity contribution in [2.24, 2.45) is 5.92 Å². The van der Waals surface area contributed by atoms with E-state index in [1.165, 1.54) is 17.9 Å². The van der Waals surface area contributed by atoms with E-state index in [4.69, 9.17) is 5.11 Å². The van der Waals surface area contributed by atoms with Gasteiger partial charge in [-0.05, 0) is 31.7 Å². The number of carboxylic acids is 1. The van der Waals surface area contributed by atoms with E-state index in [9.17, 15) is 13.2 Å². The van der Waals surface area contributed by atoms with Crippen molar-refractivity contribution in [3.8, 4) is 0 Å². The summed E-state index contributed by atoms with van der Waals surface area (Å²) in [5, 5.41) is 10.2. The van der Waals surface area contributed by atoms with E-state index in [1.54, 1.807) is 0 Å². The van der Waals surface area contributed by atoms with Gasteiger partial charge in [0.25, 0.3) is 0 Å².